The standard InChI is InChI=1S/C23H18ClN3O3S/c1-30-20-9-5-4-8-19(20)27-21(17-6-2-3-7-18(17)24)25-26-23(27)31-14-15-10-12-16(13-11-15)22(28)29/h2-13H,14H2,1H3,(H,28,29). The molecule has 0 radical (unpaired) electrons. The van der Waals surface area contributed by atoms with Gasteiger partial charge in [0, 0.05) is 11.3 Å². The summed E-state index contributed by atoms with van der Waals surface area (Å²) in [6.45, 7) is 0. The first-order valence-corrected chi connectivity index (χ1v) is 10.7. The van der Waals surface area contributed by atoms with Gasteiger partial charge in [0.2, 0.25) is 0 Å². The van der Waals surface area contributed by atoms with Gasteiger partial charge in [0.05, 0.1) is 23.4 Å². The SMILES string of the molecule is COc1ccccc1-n1c(SCc2ccc(C(=O)O)cc2)nnc1-c1ccccc1Cl. The Hall–Kier alpha value is -3.29. The fourth-order valence-corrected chi connectivity index (χ4v) is 4.22. The van der Waals surface area contributed by atoms with Crippen LogP contribution in [0.15, 0.2) is 78.0 Å². The predicted molar refractivity (Wildman–Crippen MR) is 121 cm³/mol. The summed E-state index contributed by atoms with van der Waals surface area (Å²) in [5.74, 6) is 0.942. The van der Waals surface area contributed by atoms with Crippen molar-refractivity contribution >= 4 is 29.3 Å². The second kappa shape index (κ2) is 9.24. The van der Waals surface area contributed by atoms with Gasteiger partial charge in [0.15, 0.2) is 11.0 Å². The van der Waals surface area contributed by atoms with E-state index in [0.717, 1.165) is 16.8 Å². The summed E-state index contributed by atoms with van der Waals surface area (Å²) in [5.41, 5.74) is 2.80. The quantitative estimate of drug-likeness (QED) is 0.369. The van der Waals surface area contributed by atoms with Crippen molar-refractivity contribution in [3.8, 4) is 22.8 Å². The molecular formula is C23H18ClN3O3S. The van der Waals surface area contributed by atoms with Gasteiger partial charge in [-0.2, -0.15) is 0 Å². The van der Waals surface area contributed by atoms with Crippen LogP contribution in [0.4, 0.5) is 0 Å². The molecule has 31 heavy (non-hydrogen) atoms. The third-order valence-electron chi connectivity index (χ3n) is 4.64. The van der Waals surface area contributed by atoms with Crippen LogP contribution in [0, 0.1) is 0 Å². The number of aromatic nitrogens is 3. The fraction of sp³-hybridized carbons (Fsp3) is 0.0870. The lowest BCUT2D eigenvalue weighted by Gasteiger charge is -2.14. The summed E-state index contributed by atoms with van der Waals surface area (Å²) in [4.78, 5) is 11.1. The lowest BCUT2D eigenvalue weighted by atomic mass is 10.1. The van der Waals surface area contributed by atoms with Gasteiger partial charge in [-0.3, -0.25) is 4.57 Å². The summed E-state index contributed by atoms with van der Waals surface area (Å²) < 4.78 is 7.50. The molecule has 0 unspecified atom stereocenters. The molecule has 156 valence electrons. The number of ether oxygens (including phenoxy) is 1. The number of halogens is 1. The lowest BCUT2D eigenvalue weighted by Crippen LogP contribution is -2.02. The van der Waals surface area contributed by atoms with Crippen molar-refractivity contribution in [1.82, 2.24) is 14.8 Å². The number of hydrogen-bond acceptors (Lipinski definition) is 5. The van der Waals surface area contributed by atoms with Crippen molar-refractivity contribution in [2.24, 2.45) is 0 Å². The largest absolute Gasteiger partial charge is 0.495 e. The highest BCUT2D eigenvalue weighted by molar-refractivity contribution is 7.98. The number of thioether (sulfide) groups is 1. The summed E-state index contributed by atoms with van der Waals surface area (Å²) in [7, 11) is 1.62. The van der Waals surface area contributed by atoms with E-state index < -0.39 is 5.97 Å². The molecule has 0 spiro atoms. The zero-order chi connectivity index (χ0) is 21.8. The number of benzene rings is 3. The Balaban J connectivity index is 1.74. The van der Waals surface area contributed by atoms with Gasteiger partial charge >= 0.3 is 5.97 Å². The van der Waals surface area contributed by atoms with Gasteiger partial charge < -0.3 is 9.84 Å². The Morgan fingerprint density at radius 1 is 1.03 bits per heavy atom. The molecule has 4 rings (SSSR count). The number of carbonyl (C=O) groups is 1. The van der Waals surface area contributed by atoms with E-state index in [4.69, 9.17) is 21.4 Å². The average molecular weight is 452 g/mol. The molecule has 0 amide bonds. The molecule has 0 saturated heterocycles. The fourth-order valence-electron chi connectivity index (χ4n) is 3.10. The molecule has 0 aliphatic heterocycles. The highest BCUT2D eigenvalue weighted by atomic mass is 35.5. The van der Waals surface area contributed by atoms with Crippen LogP contribution in [0.2, 0.25) is 5.02 Å². The molecule has 0 aliphatic carbocycles. The molecular weight excluding hydrogens is 434 g/mol. The third-order valence-corrected chi connectivity index (χ3v) is 5.97. The Labute approximate surface area is 188 Å². The molecule has 0 fully saturated rings. The van der Waals surface area contributed by atoms with Crippen molar-refractivity contribution in [2.75, 3.05) is 7.11 Å². The molecule has 6 nitrogen and oxygen atoms in total. The van der Waals surface area contributed by atoms with E-state index in [-0.39, 0.29) is 5.56 Å². The molecule has 0 aliphatic rings. The molecule has 8 heteroatoms. The molecule has 1 N–H and O–H groups in total. The third kappa shape index (κ3) is 4.42. The van der Waals surface area contributed by atoms with E-state index in [1.54, 1.807) is 31.4 Å². The molecule has 0 saturated carbocycles. The minimum Gasteiger partial charge on any atom is -0.495 e. The number of methoxy groups -OCH3 is 1. The first kappa shape index (κ1) is 21.0. The van der Waals surface area contributed by atoms with Crippen LogP contribution in [0.5, 0.6) is 5.75 Å². The molecule has 1 heterocycles. The van der Waals surface area contributed by atoms with Crippen LogP contribution in [0.25, 0.3) is 17.1 Å². The maximum atomic E-state index is 11.1. The Kier molecular flexibility index (Phi) is 6.25. The van der Waals surface area contributed by atoms with Gasteiger partial charge in [-0.1, -0.05) is 59.8 Å². The van der Waals surface area contributed by atoms with Crippen LogP contribution in [0.1, 0.15) is 15.9 Å². The van der Waals surface area contributed by atoms with Crippen LogP contribution in [0.3, 0.4) is 0 Å². The Morgan fingerprint density at radius 2 is 1.74 bits per heavy atom. The maximum absolute atomic E-state index is 11.1. The lowest BCUT2D eigenvalue weighted by molar-refractivity contribution is 0.0697. The molecule has 3 aromatic carbocycles. The number of aromatic carboxylic acids is 1. The summed E-state index contributed by atoms with van der Waals surface area (Å²) in [6, 6.07) is 21.9. The maximum Gasteiger partial charge on any atom is 0.335 e. The molecule has 0 atom stereocenters. The zero-order valence-electron chi connectivity index (χ0n) is 16.5. The highest BCUT2D eigenvalue weighted by Crippen LogP contribution is 2.35. The van der Waals surface area contributed by atoms with E-state index in [1.807, 2.05) is 53.1 Å². The van der Waals surface area contributed by atoms with E-state index in [0.29, 0.717) is 27.5 Å². The summed E-state index contributed by atoms with van der Waals surface area (Å²) in [6.07, 6.45) is 0. The van der Waals surface area contributed by atoms with Gasteiger partial charge in [0.25, 0.3) is 0 Å². The number of para-hydroxylation sites is 2. The van der Waals surface area contributed by atoms with Crippen molar-refractivity contribution in [2.45, 2.75) is 10.9 Å². The van der Waals surface area contributed by atoms with Gasteiger partial charge in [-0.15, -0.1) is 10.2 Å². The smallest absolute Gasteiger partial charge is 0.335 e. The summed E-state index contributed by atoms with van der Waals surface area (Å²) in [5, 5.41) is 19.2. The number of hydrogen-bond donors (Lipinski definition) is 1. The van der Waals surface area contributed by atoms with Gasteiger partial charge in [0.1, 0.15) is 5.75 Å². The van der Waals surface area contributed by atoms with Gasteiger partial charge in [-0.05, 0) is 42.0 Å². The average Bonchev–Trinajstić information content (AvgIpc) is 3.21. The first-order chi connectivity index (χ1) is 15.1. The first-order valence-electron chi connectivity index (χ1n) is 9.37. The predicted octanol–water partition coefficient (Wildman–Crippen LogP) is 5.59. The Morgan fingerprint density at radius 3 is 2.45 bits per heavy atom. The van der Waals surface area contributed by atoms with Crippen molar-refractivity contribution < 1.29 is 14.6 Å². The van der Waals surface area contributed by atoms with Crippen LogP contribution < -0.4 is 4.74 Å². The van der Waals surface area contributed by atoms with Crippen molar-refractivity contribution in [3.63, 3.8) is 0 Å². The Bertz CT molecular complexity index is 1220. The minimum absolute atomic E-state index is 0.256. The zero-order valence-corrected chi connectivity index (χ0v) is 18.1. The second-order valence-corrected chi connectivity index (χ2v) is 7.93. The minimum atomic E-state index is -0.945. The van der Waals surface area contributed by atoms with Crippen LogP contribution in [-0.2, 0) is 5.75 Å². The van der Waals surface area contributed by atoms with Crippen LogP contribution >= 0.6 is 23.4 Å². The molecule has 4 aromatic rings. The van der Waals surface area contributed by atoms with Gasteiger partial charge in [-0.25, -0.2) is 4.79 Å². The van der Waals surface area contributed by atoms with Crippen molar-refractivity contribution in [3.05, 3.63) is 88.9 Å². The van der Waals surface area contributed by atoms with E-state index in [1.165, 1.54) is 11.8 Å². The van der Waals surface area contributed by atoms with E-state index in [2.05, 4.69) is 10.2 Å². The number of rotatable bonds is 7. The number of nitrogens with zero attached hydrogens (tertiary/aromatic N) is 3. The van der Waals surface area contributed by atoms with E-state index >= 15 is 0 Å². The second-order valence-electron chi connectivity index (χ2n) is 6.58. The number of carboxylic acids is 1. The van der Waals surface area contributed by atoms with Crippen LogP contribution in [-0.4, -0.2) is 33.0 Å². The monoisotopic (exact) mass is 451 g/mol. The molecule has 0 bridgehead atoms. The van der Waals surface area contributed by atoms with E-state index in [9.17, 15) is 4.79 Å². The summed E-state index contributed by atoms with van der Waals surface area (Å²) >= 11 is 7.94. The number of carboxylic acid groups (broad SMARTS) is 1. The topological polar surface area (TPSA) is 77.2 Å². The van der Waals surface area contributed by atoms with Crippen molar-refractivity contribution in [1.29, 1.82) is 0 Å². The molecule has 1 aromatic heterocycles. The normalized spacial score (nSPS) is 10.8. The highest BCUT2D eigenvalue weighted by Gasteiger charge is 2.20.